The van der Waals surface area contributed by atoms with Gasteiger partial charge in [-0.3, -0.25) is 4.79 Å². The molecular weight excluding hydrogens is 246 g/mol. The van der Waals surface area contributed by atoms with Gasteiger partial charge in [0.05, 0.1) is 26.3 Å². The molecular formula is C11H14F2N2O3. The fraction of sp³-hybridized carbons (Fsp3) is 0.364. The zero-order chi connectivity index (χ0) is 13.7. The highest BCUT2D eigenvalue weighted by Crippen LogP contribution is 2.31. The Morgan fingerprint density at radius 1 is 1.33 bits per heavy atom. The van der Waals surface area contributed by atoms with E-state index in [4.69, 9.17) is 15.2 Å². The van der Waals surface area contributed by atoms with Crippen LogP contribution in [0.1, 0.15) is 10.4 Å². The average Bonchev–Trinajstić information content (AvgIpc) is 2.35. The Balaban J connectivity index is 2.98. The van der Waals surface area contributed by atoms with Crippen molar-refractivity contribution in [3.05, 3.63) is 17.7 Å². The summed E-state index contributed by atoms with van der Waals surface area (Å²) < 4.78 is 34.0. The average molecular weight is 260 g/mol. The summed E-state index contributed by atoms with van der Waals surface area (Å²) in [6, 6.07) is 2.74. The second-order valence-corrected chi connectivity index (χ2v) is 3.40. The minimum Gasteiger partial charge on any atom is -0.493 e. The number of rotatable bonds is 5. The first kappa shape index (κ1) is 14.0. The molecule has 0 fully saturated rings. The number of halogens is 2. The molecule has 0 saturated carbocycles. The Hall–Kier alpha value is -2.05. The first-order chi connectivity index (χ1) is 8.49. The Bertz CT molecular complexity index is 439. The van der Waals surface area contributed by atoms with Crippen molar-refractivity contribution < 1.29 is 23.0 Å². The lowest BCUT2D eigenvalue weighted by atomic mass is 10.1. The number of benzene rings is 1. The second-order valence-electron chi connectivity index (χ2n) is 3.40. The van der Waals surface area contributed by atoms with Gasteiger partial charge >= 0.3 is 0 Å². The number of nitrogens with one attached hydrogen (secondary N) is 1. The highest BCUT2D eigenvalue weighted by atomic mass is 19.3. The molecule has 1 aromatic carbocycles. The largest absolute Gasteiger partial charge is 0.493 e. The second kappa shape index (κ2) is 6.04. The molecule has 0 aliphatic rings. The monoisotopic (exact) mass is 260 g/mol. The molecule has 0 bridgehead atoms. The maximum atomic E-state index is 12.0. The van der Waals surface area contributed by atoms with Crippen LogP contribution in [0, 0.1) is 0 Å². The molecule has 7 heteroatoms. The van der Waals surface area contributed by atoms with E-state index in [0.29, 0.717) is 11.5 Å². The van der Waals surface area contributed by atoms with Crippen LogP contribution in [-0.2, 0) is 0 Å². The summed E-state index contributed by atoms with van der Waals surface area (Å²) in [7, 11) is 2.82. The normalized spacial score (nSPS) is 10.3. The maximum absolute atomic E-state index is 12.0. The van der Waals surface area contributed by atoms with Gasteiger partial charge in [-0.1, -0.05) is 0 Å². The molecule has 5 nitrogen and oxygen atoms in total. The topological polar surface area (TPSA) is 73.6 Å². The maximum Gasteiger partial charge on any atom is 0.255 e. The molecule has 0 aliphatic heterocycles. The highest BCUT2D eigenvalue weighted by molar-refractivity contribution is 6.00. The third kappa shape index (κ3) is 3.22. The summed E-state index contributed by atoms with van der Waals surface area (Å²) in [6.07, 6.45) is -2.62. The van der Waals surface area contributed by atoms with Crippen molar-refractivity contribution in [1.82, 2.24) is 5.32 Å². The number of methoxy groups -OCH3 is 2. The molecule has 1 aromatic rings. The number of alkyl halides is 2. The van der Waals surface area contributed by atoms with Gasteiger partial charge in [0.25, 0.3) is 12.3 Å². The summed E-state index contributed by atoms with van der Waals surface area (Å²) in [4.78, 5) is 11.6. The van der Waals surface area contributed by atoms with Gasteiger partial charge < -0.3 is 20.5 Å². The van der Waals surface area contributed by atoms with Crippen LogP contribution in [0.5, 0.6) is 11.5 Å². The van der Waals surface area contributed by atoms with E-state index in [9.17, 15) is 13.6 Å². The smallest absolute Gasteiger partial charge is 0.255 e. The van der Waals surface area contributed by atoms with Crippen LogP contribution in [0.15, 0.2) is 12.1 Å². The van der Waals surface area contributed by atoms with Crippen molar-refractivity contribution in [2.75, 3.05) is 26.5 Å². The number of hydrogen-bond acceptors (Lipinski definition) is 4. The molecule has 0 atom stereocenters. The molecule has 0 saturated heterocycles. The third-order valence-electron chi connectivity index (χ3n) is 2.22. The van der Waals surface area contributed by atoms with E-state index in [1.807, 2.05) is 0 Å². The Morgan fingerprint density at radius 2 is 1.89 bits per heavy atom. The quantitative estimate of drug-likeness (QED) is 0.782. The number of hydrogen-bond donors (Lipinski definition) is 2. The van der Waals surface area contributed by atoms with Crippen molar-refractivity contribution in [2.24, 2.45) is 0 Å². The first-order valence-electron chi connectivity index (χ1n) is 5.07. The van der Waals surface area contributed by atoms with Crippen LogP contribution in [0.3, 0.4) is 0 Å². The zero-order valence-corrected chi connectivity index (χ0v) is 10.00. The number of carbonyl (C=O) groups excluding carboxylic acids is 1. The molecule has 18 heavy (non-hydrogen) atoms. The summed E-state index contributed by atoms with van der Waals surface area (Å²) >= 11 is 0. The van der Waals surface area contributed by atoms with Crippen molar-refractivity contribution in [2.45, 2.75) is 6.43 Å². The number of ether oxygens (including phenoxy) is 2. The molecule has 0 unspecified atom stereocenters. The van der Waals surface area contributed by atoms with Gasteiger partial charge in [0.1, 0.15) is 0 Å². The van der Waals surface area contributed by atoms with Gasteiger partial charge in [-0.05, 0) is 6.07 Å². The van der Waals surface area contributed by atoms with E-state index in [0.717, 1.165) is 0 Å². The predicted molar refractivity (Wildman–Crippen MR) is 62.3 cm³/mol. The van der Waals surface area contributed by atoms with Gasteiger partial charge in [0, 0.05) is 11.8 Å². The standard InChI is InChI=1S/C11H14F2N2O3/c1-17-8-3-6(7(14)4-9(8)18-2)11(16)15-5-10(12)13/h3-4,10H,5,14H2,1-2H3,(H,15,16). The van der Waals surface area contributed by atoms with E-state index in [2.05, 4.69) is 5.32 Å². The van der Waals surface area contributed by atoms with Crippen LogP contribution in [0.4, 0.5) is 14.5 Å². The molecule has 0 aliphatic carbocycles. The van der Waals surface area contributed by atoms with E-state index < -0.39 is 18.9 Å². The van der Waals surface area contributed by atoms with E-state index in [1.165, 1.54) is 26.4 Å². The molecule has 1 rings (SSSR count). The van der Waals surface area contributed by atoms with E-state index >= 15 is 0 Å². The lowest BCUT2D eigenvalue weighted by Gasteiger charge is -2.12. The summed E-state index contributed by atoms with van der Waals surface area (Å²) in [5, 5.41) is 2.06. The summed E-state index contributed by atoms with van der Waals surface area (Å²) in [5.41, 5.74) is 5.83. The molecule has 1 amide bonds. The van der Waals surface area contributed by atoms with Crippen molar-refractivity contribution in [1.29, 1.82) is 0 Å². The minimum atomic E-state index is -2.62. The summed E-state index contributed by atoms with van der Waals surface area (Å²) in [6.45, 7) is -0.730. The fourth-order valence-corrected chi connectivity index (χ4v) is 1.36. The molecule has 100 valence electrons. The van der Waals surface area contributed by atoms with Gasteiger partial charge in [-0.25, -0.2) is 8.78 Å². The van der Waals surface area contributed by atoms with E-state index in [-0.39, 0.29) is 11.3 Å². The van der Waals surface area contributed by atoms with Crippen LogP contribution < -0.4 is 20.5 Å². The predicted octanol–water partition coefficient (Wildman–Crippen LogP) is 1.28. The SMILES string of the molecule is COc1cc(N)c(C(=O)NCC(F)F)cc1OC. The van der Waals surface area contributed by atoms with Gasteiger partial charge in [-0.15, -0.1) is 0 Å². The van der Waals surface area contributed by atoms with Crippen LogP contribution in [0.2, 0.25) is 0 Å². The first-order valence-corrected chi connectivity index (χ1v) is 5.07. The number of carbonyl (C=O) groups is 1. The van der Waals surface area contributed by atoms with Crippen molar-refractivity contribution in [3.8, 4) is 11.5 Å². The molecule has 0 aromatic heterocycles. The van der Waals surface area contributed by atoms with Gasteiger partial charge in [0.15, 0.2) is 11.5 Å². The van der Waals surface area contributed by atoms with E-state index in [1.54, 1.807) is 0 Å². The van der Waals surface area contributed by atoms with Crippen LogP contribution in [-0.4, -0.2) is 33.1 Å². The minimum absolute atomic E-state index is 0.0632. The lowest BCUT2D eigenvalue weighted by Crippen LogP contribution is -2.29. The number of nitrogen functional groups attached to an aromatic ring is 1. The van der Waals surface area contributed by atoms with Crippen molar-refractivity contribution in [3.63, 3.8) is 0 Å². The fourth-order valence-electron chi connectivity index (χ4n) is 1.36. The Kier molecular flexibility index (Phi) is 4.70. The number of amides is 1. The molecule has 0 radical (unpaired) electrons. The van der Waals surface area contributed by atoms with Crippen LogP contribution >= 0.6 is 0 Å². The Morgan fingerprint density at radius 3 is 2.39 bits per heavy atom. The number of anilines is 1. The van der Waals surface area contributed by atoms with Gasteiger partial charge in [0.2, 0.25) is 0 Å². The number of nitrogens with two attached hydrogens (primary N) is 1. The molecule has 0 spiro atoms. The zero-order valence-electron chi connectivity index (χ0n) is 10.00. The van der Waals surface area contributed by atoms with Gasteiger partial charge in [-0.2, -0.15) is 0 Å². The van der Waals surface area contributed by atoms with Crippen molar-refractivity contribution >= 4 is 11.6 Å². The third-order valence-corrected chi connectivity index (χ3v) is 2.22. The summed E-state index contributed by atoms with van der Waals surface area (Å²) in [5.74, 6) is -0.0249. The molecule has 0 heterocycles. The molecule has 3 N–H and O–H groups in total. The Labute approximate surface area is 103 Å². The lowest BCUT2D eigenvalue weighted by molar-refractivity contribution is 0.0892. The highest BCUT2D eigenvalue weighted by Gasteiger charge is 2.16. The van der Waals surface area contributed by atoms with Crippen LogP contribution in [0.25, 0.3) is 0 Å².